The van der Waals surface area contributed by atoms with Gasteiger partial charge in [-0.3, -0.25) is 9.36 Å². The maximum atomic E-state index is 11.4. The van der Waals surface area contributed by atoms with E-state index >= 15 is 0 Å². The number of fused-ring (bicyclic) bond motifs is 1. The normalized spacial score (nSPS) is 11.6. The van der Waals surface area contributed by atoms with Gasteiger partial charge < -0.3 is 11.5 Å². The third-order valence-corrected chi connectivity index (χ3v) is 5.21. The molecule has 1 heterocycles. The van der Waals surface area contributed by atoms with E-state index in [9.17, 15) is 4.79 Å². The highest BCUT2D eigenvalue weighted by Crippen LogP contribution is 2.38. The maximum Gasteiger partial charge on any atom is 0.217 e. The molecule has 0 atom stereocenters. The highest BCUT2D eigenvalue weighted by Gasteiger charge is 2.22. The Hall–Kier alpha value is -2.75. The molecule has 27 heavy (non-hydrogen) atoms. The Labute approximate surface area is 161 Å². The number of para-hydroxylation sites is 2. The van der Waals surface area contributed by atoms with Gasteiger partial charge in [0.1, 0.15) is 5.82 Å². The van der Waals surface area contributed by atoms with Crippen molar-refractivity contribution >= 4 is 22.6 Å². The van der Waals surface area contributed by atoms with Crippen LogP contribution in [0.2, 0.25) is 0 Å². The second-order valence-electron chi connectivity index (χ2n) is 7.78. The van der Waals surface area contributed by atoms with Crippen molar-refractivity contribution < 1.29 is 4.79 Å². The maximum absolute atomic E-state index is 11.4. The molecule has 0 aliphatic carbocycles. The van der Waals surface area contributed by atoms with E-state index in [0.717, 1.165) is 16.5 Å². The summed E-state index contributed by atoms with van der Waals surface area (Å²) < 4.78 is 2.18. The minimum Gasteiger partial charge on any atom is -0.385 e. The number of aryl methyl sites for hydroxylation is 1. The lowest BCUT2D eigenvalue weighted by Gasteiger charge is -2.22. The van der Waals surface area contributed by atoms with Crippen LogP contribution in [0.3, 0.4) is 0 Å². The lowest BCUT2D eigenvalue weighted by atomic mass is 9.92. The summed E-state index contributed by atoms with van der Waals surface area (Å²) in [4.78, 5) is 11.4. The summed E-state index contributed by atoms with van der Waals surface area (Å²) in [6, 6.07) is 14.7. The Balaban J connectivity index is 2.36. The van der Waals surface area contributed by atoms with E-state index < -0.39 is 0 Å². The predicted octanol–water partition coefficient (Wildman–Crippen LogP) is 4.88. The fourth-order valence-electron chi connectivity index (χ4n) is 3.85. The summed E-state index contributed by atoms with van der Waals surface area (Å²) in [5.41, 5.74) is 17.9. The number of carbonyl (C=O) groups excluding carboxylic acids is 1. The molecule has 0 aliphatic rings. The summed E-state index contributed by atoms with van der Waals surface area (Å²) in [5.74, 6) is 1.13. The third-order valence-electron chi connectivity index (χ3n) is 5.21. The number of nitrogens with two attached hydrogens (primary N) is 2. The molecule has 0 saturated carbocycles. The Morgan fingerprint density at radius 2 is 1.56 bits per heavy atom. The van der Waals surface area contributed by atoms with Crippen LogP contribution in [0.4, 0.5) is 5.82 Å². The molecule has 142 valence electrons. The quantitative estimate of drug-likeness (QED) is 0.655. The molecule has 0 radical (unpaired) electrons. The molecule has 4 N–H and O–H groups in total. The van der Waals surface area contributed by atoms with Gasteiger partial charge in [0.15, 0.2) is 0 Å². The van der Waals surface area contributed by atoms with Crippen LogP contribution in [0, 0.1) is 0 Å². The average molecular weight is 364 g/mol. The Bertz CT molecular complexity index is 956. The summed E-state index contributed by atoms with van der Waals surface area (Å²) in [5, 5.41) is 1.09. The minimum absolute atomic E-state index is 0.293. The molecule has 0 aliphatic heterocycles. The molecule has 0 spiro atoms. The molecule has 2 aromatic carbocycles. The van der Waals surface area contributed by atoms with Gasteiger partial charge >= 0.3 is 0 Å². The van der Waals surface area contributed by atoms with E-state index in [-0.39, 0.29) is 5.91 Å². The van der Waals surface area contributed by atoms with E-state index in [2.05, 4.69) is 62.6 Å². The van der Waals surface area contributed by atoms with Gasteiger partial charge in [-0.2, -0.15) is 0 Å². The van der Waals surface area contributed by atoms with Crippen LogP contribution in [0.1, 0.15) is 62.6 Å². The number of nitrogens with zero attached hydrogens (tertiary/aromatic N) is 1. The summed E-state index contributed by atoms with van der Waals surface area (Å²) >= 11 is 0. The molecule has 1 amide bonds. The van der Waals surface area contributed by atoms with Crippen molar-refractivity contribution in [1.29, 1.82) is 0 Å². The van der Waals surface area contributed by atoms with Crippen LogP contribution in [0.5, 0.6) is 0 Å². The number of rotatable bonds is 6. The molecule has 4 heteroatoms. The molecule has 3 rings (SSSR count). The zero-order chi connectivity index (χ0) is 19.7. The number of carbonyl (C=O) groups is 1. The second-order valence-corrected chi connectivity index (χ2v) is 7.78. The SMILES string of the molecule is CC(C)c1cccc(C(C)C)c1-n1c(N)c(CCC(N)=O)c2ccccc21. The molecule has 3 aromatic rings. The van der Waals surface area contributed by atoms with Gasteiger partial charge in [0.25, 0.3) is 0 Å². The van der Waals surface area contributed by atoms with Crippen molar-refractivity contribution in [2.75, 3.05) is 5.73 Å². The van der Waals surface area contributed by atoms with E-state index in [1.807, 2.05) is 12.1 Å². The van der Waals surface area contributed by atoms with Gasteiger partial charge in [0.2, 0.25) is 5.91 Å². The third kappa shape index (κ3) is 3.44. The molecule has 0 bridgehead atoms. The first kappa shape index (κ1) is 19.0. The Kier molecular flexibility index (Phi) is 5.26. The molecule has 0 saturated heterocycles. The van der Waals surface area contributed by atoms with Crippen molar-refractivity contribution in [3.8, 4) is 5.69 Å². The second kappa shape index (κ2) is 7.47. The summed E-state index contributed by atoms with van der Waals surface area (Å²) in [6.45, 7) is 8.83. The minimum atomic E-state index is -0.309. The van der Waals surface area contributed by atoms with Gasteiger partial charge in [-0.25, -0.2) is 0 Å². The van der Waals surface area contributed by atoms with Gasteiger partial charge in [0.05, 0.1) is 11.2 Å². The molecular formula is C23H29N3O. The number of hydrogen-bond acceptors (Lipinski definition) is 2. The van der Waals surface area contributed by atoms with Crippen molar-refractivity contribution in [2.45, 2.75) is 52.4 Å². The van der Waals surface area contributed by atoms with Gasteiger partial charge in [-0.05, 0) is 35.4 Å². The van der Waals surface area contributed by atoms with E-state index in [0.29, 0.717) is 30.5 Å². The van der Waals surface area contributed by atoms with E-state index in [4.69, 9.17) is 11.5 Å². The van der Waals surface area contributed by atoms with Crippen LogP contribution < -0.4 is 11.5 Å². The van der Waals surface area contributed by atoms with Crippen LogP contribution in [-0.2, 0) is 11.2 Å². The van der Waals surface area contributed by atoms with Crippen molar-refractivity contribution in [3.63, 3.8) is 0 Å². The number of aromatic nitrogens is 1. The van der Waals surface area contributed by atoms with Crippen molar-refractivity contribution in [2.24, 2.45) is 5.73 Å². The first-order valence-corrected chi connectivity index (χ1v) is 9.62. The monoisotopic (exact) mass is 363 g/mol. The highest BCUT2D eigenvalue weighted by molar-refractivity contribution is 5.92. The number of amides is 1. The largest absolute Gasteiger partial charge is 0.385 e. The van der Waals surface area contributed by atoms with Crippen LogP contribution in [0.15, 0.2) is 42.5 Å². The van der Waals surface area contributed by atoms with Crippen molar-refractivity contribution in [3.05, 3.63) is 59.2 Å². The molecular weight excluding hydrogens is 334 g/mol. The van der Waals surface area contributed by atoms with E-state index in [1.54, 1.807) is 0 Å². The number of nitrogen functional groups attached to an aromatic ring is 1. The lowest BCUT2D eigenvalue weighted by Crippen LogP contribution is -2.12. The van der Waals surface area contributed by atoms with Gasteiger partial charge in [-0.1, -0.05) is 64.1 Å². The van der Waals surface area contributed by atoms with E-state index in [1.165, 1.54) is 16.8 Å². The van der Waals surface area contributed by atoms with Crippen LogP contribution in [-0.4, -0.2) is 10.5 Å². The smallest absolute Gasteiger partial charge is 0.217 e. The van der Waals surface area contributed by atoms with Gasteiger partial charge in [0, 0.05) is 17.4 Å². The van der Waals surface area contributed by atoms with Crippen LogP contribution >= 0.6 is 0 Å². The number of anilines is 1. The zero-order valence-electron chi connectivity index (χ0n) is 16.6. The number of primary amides is 1. The fraction of sp³-hybridized carbons (Fsp3) is 0.348. The summed E-state index contributed by atoms with van der Waals surface area (Å²) in [6.07, 6.45) is 0.844. The average Bonchev–Trinajstić information content (AvgIpc) is 2.90. The topological polar surface area (TPSA) is 74.0 Å². The molecule has 0 fully saturated rings. The lowest BCUT2D eigenvalue weighted by molar-refractivity contribution is -0.117. The van der Waals surface area contributed by atoms with Gasteiger partial charge in [-0.15, -0.1) is 0 Å². The summed E-state index contributed by atoms with van der Waals surface area (Å²) in [7, 11) is 0. The number of benzene rings is 2. The Morgan fingerprint density at radius 1 is 0.963 bits per heavy atom. The Morgan fingerprint density at radius 3 is 2.11 bits per heavy atom. The first-order chi connectivity index (χ1) is 12.8. The number of hydrogen-bond donors (Lipinski definition) is 2. The highest BCUT2D eigenvalue weighted by atomic mass is 16.1. The zero-order valence-corrected chi connectivity index (χ0v) is 16.6. The fourth-order valence-corrected chi connectivity index (χ4v) is 3.85. The molecule has 0 unspecified atom stereocenters. The molecule has 4 nitrogen and oxygen atoms in total. The first-order valence-electron chi connectivity index (χ1n) is 9.62. The molecule has 1 aromatic heterocycles. The van der Waals surface area contributed by atoms with Crippen molar-refractivity contribution in [1.82, 2.24) is 4.57 Å². The van der Waals surface area contributed by atoms with Crippen LogP contribution in [0.25, 0.3) is 16.6 Å². The standard InChI is InChI=1S/C23H29N3O/c1-14(2)16-9-7-10-17(15(3)4)22(16)26-20-11-6-5-8-18(20)19(23(26)25)12-13-21(24)27/h5-11,14-15H,12-13,25H2,1-4H3,(H2,24,27). The predicted molar refractivity (Wildman–Crippen MR) is 113 cm³/mol.